The zero-order chi connectivity index (χ0) is 29.8. The Balaban J connectivity index is 1.42. The van der Waals surface area contributed by atoms with Crippen LogP contribution in [0.4, 0.5) is 5.69 Å². The number of H-pyrrole nitrogens is 1. The van der Waals surface area contributed by atoms with Crippen LogP contribution in [-0.4, -0.2) is 58.7 Å². The number of aromatic amines is 1. The van der Waals surface area contributed by atoms with Crippen molar-refractivity contribution in [2.24, 2.45) is 0 Å². The Morgan fingerprint density at radius 2 is 1.90 bits per heavy atom. The van der Waals surface area contributed by atoms with Crippen molar-refractivity contribution in [3.8, 4) is 28.3 Å². The van der Waals surface area contributed by atoms with Gasteiger partial charge in [-0.25, -0.2) is 10.1 Å². The van der Waals surface area contributed by atoms with E-state index in [0.717, 1.165) is 28.7 Å². The number of halogens is 2. The second kappa shape index (κ2) is 13.0. The van der Waals surface area contributed by atoms with E-state index in [9.17, 15) is 14.7 Å². The second-order valence-corrected chi connectivity index (χ2v) is 10.6. The molecular weight excluding hydrogens is 581 g/mol. The van der Waals surface area contributed by atoms with Gasteiger partial charge in [0.05, 0.1) is 41.8 Å². The summed E-state index contributed by atoms with van der Waals surface area (Å²) in [5.74, 6) is -0.199. The van der Waals surface area contributed by atoms with Crippen molar-refractivity contribution in [3.63, 3.8) is 0 Å². The van der Waals surface area contributed by atoms with Crippen LogP contribution in [0.25, 0.3) is 22.4 Å². The van der Waals surface area contributed by atoms with Crippen molar-refractivity contribution in [1.29, 1.82) is 0 Å². The van der Waals surface area contributed by atoms with E-state index in [1.807, 2.05) is 43.3 Å². The number of benzene rings is 2. The Morgan fingerprint density at radius 3 is 2.67 bits per heavy atom. The number of anilines is 1. The maximum Gasteiger partial charge on any atom is 0.278 e. The largest absolute Gasteiger partial charge is 0.481 e. The molecule has 2 aromatic heterocycles. The Kier molecular flexibility index (Phi) is 9.20. The number of methoxy groups -OCH3 is 1. The molecule has 10 nitrogen and oxygen atoms in total. The minimum Gasteiger partial charge on any atom is -0.481 e. The molecule has 0 unspecified atom stereocenters. The summed E-state index contributed by atoms with van der Waals surface area (Å²) in [6.45, 7) is 3.24. The summed E-state index contributed by atoms with van der Waals surface area (Å²) >= 11 is 13.0. The number of carbonyl (C=O) groups excluding carboxylic acids is 1. The Bertz CT molecular complexity index is 1680. The first-order chi connectivity index (χ1) is 20.3. The number of ether oxygens (including phenoxy) is 2. The fraction of sp³-hybridized carbons (Fsp3) is 0.267. The number of carbonyl (C=O) groups is 1. The summed E-state index contributed by atoms with van der Waals surface area (Å²) in [5, 5.41) is 22.6. The zero-order valence-corrected chi connectivity index (χ0v) is 24.4. The van der Waals surface area contributed by atoms with Crippen LogP contribution in [0.2, 0.25) is 10.0 Å². The molecule has 12 heteroatoms. The van der Waals surface area contributed by atoms with E-state index in [1.165, 1.54) is 6.20 Å². The van der Waals surface area contributed by atoms with E-state index < -0.39 is 17.6 Å². The topological polar surface area (TPSA) is 138 Å². The van der Waals surface area contributed by atoms with Gasteiger partial charge in [0, 0.05) is 41.6 Å². The highest BCUT2D eigenvalue weighted by atomic mass is 35.5. The highest BCUT2D eigenvalue weighted by Crippen LogP contribution is 2.39. The van der Waals surface area contributed by atoms with Crippen LogP contribution < -0.4 is 20.9 Å². The number of nitrogens with one attached hydrogen (secondary N) is 3. The average Bonchev–Trinajstić information content (AvgIpc) is 2.98. The predicted octanol–water partition coefficient (Wildman–Crippen LogP) is 4.61. The number of hydrogen-bond acceptors (Lipinski definition) is 8. The molecular formula is C30H29Cl2N5O5. The van der Waals surface area contributed by atoms with E-state index in [4.69, 9.17) is 37.7 Å². The molecule has 1 aliphatic rings. The molecule has 0 bridgehead atoms. The van der Waals surface area contributed by atoms with Gasteiger partial charge in [0.15, 0.2) is 0 Å². The molecule has 0 spiro atoms. The summed E-state index contributed by atoms with van der Waals surface area (Å²) in [7, 11) is 1.56. The number of rotatable bonds is 8. The first-order valence-corrected chi connectivity index (χ1v) is 14.0. The Hall–Kier alpha value is -3.80. The third kappa shape index (κ3) is 6.18. The highest BCUT2D eigenvalue weighted by molar-refractivity contribution is 6.36. The van der Waals surface area contributed by atoms with Gasteiger partial charge in [-0.05, 0) is 36.6 Å². The number of aromatic nitrogens is 3. The molecule has 0 aliphatic carbocycles. The summed E-state index contributed by atoms with van der Waals surface area (Å²) in [6.07, 6.45) is 1.36. The van der Waals surface area contributed by atoms with Gasteiger partial charge in [-0.1, -0.05) is 59.6 Å². The molecule has 4 aromatic rings. The molecule has 4 N–H and O–H groups in total. The van der Waals surface area contributed by atoms with Crippen molar-refractivity contribution in [1.82, 2.24) is 20.5 Å². The van der Waals surface area contributed by atoms with Crippen LogP contribution in [0.1, 0.15) is 27.9 Å². The number of aliphatic hydroxyl groups excluding tert-OH is 1. The van der Waals surface area contributed by atoms with E-state index in [-0.39, 0.29) is 16.6 Å². The fourth-order valence-electron chi connectivity index (χ4n) is 4.91. The number of aliphatic hydroxyl groups is 1. The molecule has 0 saturated carbocycles. The minimum atomic E-state index is -0.685. The van der Waals surface area contributed by atoms with E-state index in [0.29, 0.717) is 47.6 Å². The van der Waals surface area contributed by atoms with E-state index >= 15 is 0 Å². The Morgan fingerprint density at radius 1 is 1.14 bits per heavy atom. The molecule has 3 heterocycles. The average molecular weight is 610 g/mol. The van der Waals surface area contributed by atoms with Crippen LogP contribution in [0.3, 0.4) is 0 Å². The third-order valence-electron chi connectivity index (χ3n) is 7.20. The monoisotopic (exact) mass is 609 g/mol. The van der Waals surface area contributed by atoms with Gasteiger partial charge in [0.2, 0.25) is 5.88 Å². The standard InChI is InChI=1S/C30H29Cl2N5O5/c1-16-18(5-4-8-22(16)35-28(39)26-21(31)14-34-37-29(26)40)19-6-3-7-20(27(19)32)23-10-9-17(30(36-23)41-2)13-33-24-11-12-42-15-25(24)38/h3-10,14,24-25,33,38H,11-13,15H2,1-2H3,(H,35,39)(H,37,40)/t24-,25+/m1/s1. The third-order valence-corrected chi connectivity index (χ3v) is 7.89. The first kappa shape index (κ1) is 29.7. The van der Waals surface area contributed by atoms with Crippen molar-refractivity contribution >= 4 is 34.8 Å². The lowest BCUT2D eigenvalue weighted by molar-refractivity contribution is -0.0281. The molecule has 1 amide bonds. The molecule has 218 valence electrons. The molecule has 1 saturated heterocycles. The Labute approximate surface area is 252 Å². The molecule has 42 heavy (non-hydrogen) atoms. The molecule has 0 radical (unpaired) electrons. The lowest BCUT2D eigenvalue weighted by atomic mass is 9.96. The van der Waals surface area contributed by atoms with Gasteiger partial charge < -0.3 is 25.2 Å². The zero-order valence-electron chi connectivity index (χ0n) is 22.9. The number of amides is 1. The highest BCUT2D eigenvalue weighted by Gasteiger charge is 2.24. The summed E-state index contributed by atoms with van der Waals surface area (Å²) in [6, 6.07) is 14.8. The van der Waals surface area contributed by atoms with Crippen molar-refractivity contribution in [2.45, 2.75) is 32.0 Å². The van der Waals surface area contributed by atoms with Crippen molar-refractivity contribution < 1.29 is 19.4 Å². The van der Waals surface area contributed by atoms with Crippen LogP contribution in [0.5, 0.6) is 5.88 Å². The van der Waals surface area contributed by atoms with E-state index in [1.54, 1.807) is 19.2 Å². The summed E-state index contributed by atoms with van der Waals surface area (Å²) < 4.78 is 10.9. The fourth-order valence-corrected chi connectivity index (χ4v) is 5.45. The minimum absolute atomic E-state index is 0.0493. The van der Waals surface area contributed by atoms with Gasteiger partial charge >= 0.3 is 0 Å². The van der Waals surface area contributed by atoms with Gasteiger partial charge in [-0.3, -0.25) is 9.59 Å². The van der Waals surface area contributed by atoms with Crippen LogP contribution in [0, 0.1) is 6.92 Å². The number of hydrogen-bond donors (Lipinski definition) is 4. The smallest absolute Gasteiger partial charge is 0.278 e. The molecule has 5 rings (SSSR count). The lowest BCUT2D eigenvalue weighted by Gasteiger charge is -2.28. The van der Waals surface area contributed by atoms with Crippen molar-refractivity contribution in [3.05, 3.63) is 91.8 Å². The van der Waals surface area contributed by atoms with E-state index in [2.05, 4.69) is 20.8 Å². The quantitative estimate of drug-likeness (QED) is 0.227. The SMILES string of the molecule is COc1nc(-c2cccc(-c3cccc(NC(=O)c4c(Cl)cn[nH]c4=O)c3C)c2Cl)ccc1CN[C@@H]1CCOC[C@@H]1O. The molecule has 1 aliphatic heterocycles. The van der Waals surface area contributed by atoms with Gasteiger partial charge in [0.25, 0.3) is 11.5 Å². The molecule has 1 fully saturated rings. The van der Waals surface area contributed by atoms with Crippen LogP contribution in [0.15, 0.2) is 59.5 Å². The van der Waals surface area contributed by atoms with Gasteiger partial charge in [-0.15, -0.1) is 0 Å². The molecule has 2 aromatic carbocycles. The maximum absolute atomic E-state index is 12.9. The first-order valence-electron chi connectivity index (χ1n) is 13.2. The van der Waals surface area contributed by atoms with Crippen molar-refractivity contribution in [2.75, 3.05) is 25.6 Å². The summed E-state index contributed by atoms with van der Waals surface area (Å²) in [4.78, 5) is 29.8. The predicted molar refractivity (Wildman–Crippen MR) is 161 cm³/mol. The van der Waals surface area contributed by atoms with Crippen LogP contribution >= 0.6 is 23.2 Å². The second-order valence-electron chi connectivity index (χ2n) is 9.80. The van der Waals surface area contributed by atoms with Gasteiger partial charge in [0.1, 0.15) is 5.56 Å². The maximum atomic E-state index is 12.9. The normalized spacial score (nSPS) is 16.7. The van der Waals surface area contributed by atoms with Crippen LogP contribution in [-0.2, 0) is 11.3 Å². The lowest BCUT2D eigenvalue weighted by Crippen LogP contribution is -2.46. The summed E-state index contributed by atoms with van der Waals surface area (Å²) in [5.41, 5.74) is 4.04. The molecule has 2 atom stereocenters. The van der Waals surface area contributed by atoms with Gasteiger partial charge in [-0.2, -0.15) is 5.10 Å². The number of nitrogens with zero attached hydrogens (tertiary/aromatic N) is 2. The number of pyridine rings is 1.